The van der Waals surface area contributed by atoms with E-state index in [0.29, 0.717) is 36.8 Å². The number of nitrogens with zero attached hydrogens (tertiary/aromatic N) is 5. The minimum absolute atomic E-state index is 0.0839. The molecule has 1 aliphatic heterocycles. The minimum Gasteiger partial charge on any atom is -0.493 e. The van der Waals surface area contributed by atoms with Crippen LogP contribution in [-0.2, 0) is 16.0 Å². The SMILES string of the molecule is COc1ccc(CCN2CC(C(=O)Nc3c(C#N)cnn3-c3ccccn3)CC2=O)cc1OC. The van der Waals surface area contributed by atoms with E-state index in [0.717, 1.165) is 5.56 Å². The quantitative estimate of drug-likeness (QED) is 0.547. The first-order valence-corrected chi connectivity index (χ1v) is 10.7. The third-order valence-electron chi connectivity index (χ3n) is 5.70. The van der Waals surface area contributed by atoms with Gasteiger partial charge in [-0.25, -0.2) is 4.98 Å². The molecule has 3 aromatic rings. The molecule has 1 unspecified atom stereocenters. The highest BCUT2D eigenvalue weighted by atomic mass is 16.5. The van der Waals surface area contributed by atoms with Crippen molar-refractivity contribution in [3.8, 4) is 23.4 Å². The molecule has 1 atom stereocenters. The molecule has 34 heavy (non-hydrogen) atoms. The second-order valence-electron chi connectivity index (χ2n) is 7.79. The lowest BCUT2D eigenvalue weighted by Gasteiger charge is -2.17. The Morgan fingerprint density at radius 1 is 1.24 bits per heavy atom. The summed E-state index contributed by atoms with van der Waals surface area (Å²) in [4.78, 5) is 31.5. The van der Waals surface area contributed by atoms with E-state index in [2.05, 4.69) is 15.4 Å². The van der Waals surface area contributed by atoms with E-state index in [9.17, 15) is 14.9 Å². The Morgan fingerprint density at radius 2 is 2.06 bits per heavy atom. The molecular formula is C24H24N6O4. The van der Waals surface area contributed by atoms with Gasteiger partial charge in [0.25, 0.3) is 0 Å². The van der Waals surface area contributed by atoms with Gasteiger partial charge in [-0.2, -0.15) is 15.0 Å². The lowest BCUT2D eigenvalue weighted by atomic mass is 10.1. The third-order valence-corrected chi connectivity index (χ3v) is 5.70. The molecule has 1 aliphatic rings. The lowest BCUT2D eigenvalue weighted by Crippen LogP contribution is -2.30. The Balaban J connectivity index is 1.41. The molecule has 1 fully saturated rings. The predicted octanol–water partition coefficient (Wildman–Crippen LogP) is 2.19. The van der Waals surface area contributed by atoms with Crippen molar-refractivity contribution in [3.63, 3.8) is 0 Å². The number of methoxy groups -OCH3 is 2. The summed E-state index contributed by atoms with van der Waals surface area (Å²) in [6, 6.07) is 12.9. The molecule has 0 spiro atoms. The van der Waals surface area contributed by atoms with Crippen molar-refractivity contribution < 1.29 is 19.1 Å². The fraction of sp³-hybridized carbons (Fsp3) is 0.292. The van der Waals surface area contributed by atoms with Gasteiger partial charge in [-0.3, -0.25) is 9.59 Å². The summed E-state index contributed by atoms with van der Waals surface area (Å²) < 4.78 is 12.0. The second kappa shape index (κ2) is 10.0. The highest BCUT2D eigenvalue weighted by molar-refractivity contribution is 5.97. The Hall–Kier alpha value is -4.39. The van der Waals surface area contributed by atoms with Crippen LogP contribution < -0.4 is 14.8 Å². The topological polar surface area (TPSA) is 122 Å². The van der Waals surface area contributed by atoms with Gasteiger partial charge in [0.05, 0.1) is 26.3 Å². The van der Waals surface area contributed by atoms with Gasteiger partial charge in [0.2, 0.25) is 11.8 Å². The molecule has 1 saturated heterocycles. The van der Waals surface area contributed by atoms with Crippen molar-refractivity contribution in [2.24, 2.45) is 5.92 Å². The van der Waals surface area contributed by atoms with E-state index >= 15 is 0 Å². The molecule has 1 N–H and O–H groups in total. The molecule has 10 nitrogen and oxygen atoms in total. The number of aromatic nitrogens is 3. The van der Waals surface area contributed by atoms with Crippen molar-refractivity contribution in [1.29, 1.82) is 5.26 Å². The minimum atomic E-state index is -0.531. The van der Waals surface area contributed by atoms with Gasteiger partial charge in [0, 0.05) is 25.7 Å². The monoisotopic (exact) mass is 460 g/mol. The molecule has 2 amide bonds. The summed E-state index contributed by atoms with van der Waals surface area (Å²) in [6.45, 7) is 0.783. The molecule has 0 aliphatic carbocycles. The van der Waals surface area contributed by atoms with Crippen LogP contribution >= 0.6 is 0 Å². The Morgan fingerprint density at radius 3 is 2.76 bits per heavy atom. The number of nitrogens with one attached hydrogen (secondary N) is 1. The van der Waals surface area contributed by atoms with E-state index in [1.54, 1.807) is 43.5 Å². The molecule has 4 rings (SSSR count). The average Bonchev–Trinajstić information content (AvgIpc) is 3.45. The number of nitriles is 1. The highest BCUT2D eigenvalue weighted by Crippen LogP contribution is 2.28. The maximum atomic E-state index is 13.0. The second-order valence-corrected chi connectivity index (χ2v) is 7.79. The maximum Gasteiger partial charge on any atom is 0.230 e. The molecule has 10 heteroatoms. The smallest absolute Gasteiger partial charge is 0.230 e. The Bertz CT molecular complexity index is 1230. The summed E-state index contributed by atoms with van der Waals surface area (Å²) >= 11 is 0. The zero-order chi connectivity index (χ0) is 24.1. The standard InChI is InChI=1S/C24H24N6O4/c1-33-19-7-6-16(11-20(19)34-2)8-10-29-15-17(12-22(29)31)24(32)28-23-18(13-25)14-27-30(23)21-5-3-4-9-26-21/h3-7,9,11,14,17H,8,10,12,15H2,1-2H3,(H,28,32). The van der Waals surface area contributed by atoms with Crippen molar-refractivity contribution >= 4 is 17.6 Å². The van der Waals surface area contributed by atoms with E-state index in [1.807, 2.05) is 24.3 Å². The number of rotatable bonds is 8. The van der Waals surface area contributed by atoms with Crippen molar-refractivity contribution in [2.75, 3.05) is 32.6 Å². The first-order chi connectivity index (χ1) is 16.5. The fourth-order valence-electron chi connectivity index (χ4n) is 3.89. The van der Waals surface area contributed by atoms with Crippen LogP contribution in [0, 0.1) is 17.2 Å². The zero-order valence-corrected chi connectivity index (χ0v) is 18.9. The normalized spacial score (nSPS) is 15.1. The predicted molar refractivity (Wildman–Crippen MR) is 123 cm³/mol. The number of carbonyl (C=O) groups excluding carboxylic acids is 2. The van der Waals surface area contributed by atoms with Crippen LogP contribution in [0.5, 0.6) is 11.5 Å². The number of ether oxygens (including phenoxy) is 2. The summed E-state index contributed by atoms with van der Waals surface area (Å²) in [5.41, 5.74) is 1.21. The van der Waals surface area contributed by atoms with Crippen LogP contribution in [0.3, 0.4) is 0 Å². The number of anilines is 1. The summed E-state index contributed by atoms with van der Waals surface area (Å²) in [5.74, 6) is 1.03. The molecule has 3 heterocycles. The van der Waals surface area contributed by atoms with Gasteiger partial charge in [-0.15, -0.1) is 0 Å². The number of likely N-dealkylation sites (tertiary alicyclic amines) is 1. The summed E-state index contributed by atoms with van der Waals surface area (Å²) in [6.07, 6.45) is 3.70. The van der Waals surface area contributed by atoms with E-state index in [1.165, 1.54) is 10.9 Å². The molecular weight excluding hydrogens is 436 g/mol. The van der Waals surface area contributed by atoms with E-state index in [-0.39, 0.29) is 29.6 Å². The lowest BCUT2D eigenvalue weighted by molar-refractivity contribution is -0.128. The van der Waals surface area contributed by atoms with Gasteiger partial charge < -0.3 is 19.7 Å². The fourth-order valence-corrected chi connectivity index (χ4v) is 3.89. The molecule has 174 valence electrons. The highest BCUT2D eigenvalue weighted by Gasteiger charge is 2.35. The first kappa shape index (κ1) is 22.8. The number of carbonyl (C=O) groups is 2. The molecule has 0 radical (unpaired) electrons. The summed E-state index contributed by atoms with van der Waals surface area (Å²) in [5, 5.41) is 16.4. The number of benzene rings is 1. The number of hydrogen-bond acceptors (Lipinski definition) is 7. The van der Waals surface area contributed by atoms with Crippen LogP contribution in [0.4, 0.5) is 5.82 Å². The van der Waals surface area contributed by atoms with Crippen LogP contribution in [0.25, 0.3) is 5.82 Å². The van der Waals surface area contributed by atoms with Crippen LogP contribution in [0.2, 0.25) is 0 Å². The van der Waals surface area contributed by atoms with Crippen LogP contribution in [0.15, 0.2) is 48.8 Å². The van der Waals surface area contributed by atoms with Crippen LogP contribution in [-0.4, -0.2) is 58.8 Å². The Kier molecular flexibility index (Phi) is 6.73. The third kappa shape index (κ3) is 4.68. The number of hydrogen-bond donors (Lipinski definition) is 1. The number of pyridine rings is 1. The van der Waals surface area contributed by atoms with Crippen LogP contribution in [0.1, 0.15) is 17.5 Å². The van der Waals surface area contributed by atoms with Gasteiger partial charge in [-0.05, 0) is 36.2 Å². The molecule has 0 saturated carbocycles. The Labute approximate surface area is 196 Å². The maximum absolute atomic E-state index is 13.0. The average molecular weight is 460 g/mol. The number of amides is 2. The van der Waals surface area contributed by atoms with Crippen molar-refractivity contribution in [1.82, 2.24) is 19.7 Å². The first-order valence-electron chi connectivity index (χ1n) is 10.7. The largest absolute Gasteiger partial charge is 0.493 e. The van der Waals surface area contributed by atoms with Gasteiger partial charge in [0.15, 0.2) is 23.1 Å². The van der Waals surface area contributed by atoms with Gasteiger partial charge in [0.1, 0.15) is 11.6 Å². The molecule has 0 bridgehead atoms. The van der Waals surface area contributed by atoms with Crippen molar-refractivity contribution in [2.45, 2.75) is 12.8 Å². The molecule has 1 aromatic carbocycles. The van der Waals surface area contributed by atoms with Gasteiger partial charge >= 0.3 is 0 Å². The van der Waals surface area contributed by atoms with Crippen molar-refractivity contribution in [3.05, 3.63) is 59.9 Å². The van der Waals surface area contributed by atoms with Gasteiger partial charge in [-0.1, -0.05) is 12.1 Å². The van der Waals surface area contributed by atoms with E-state index in [4.69, 9.17) is 9.47 Å². The van der Waals surface area contributed by atoms with E-state index < -0.39 is 5.92 Å². The summed E-state index contributed by atoms with van der Waals surface area (Å²) in [7, 11) is 3.15. The molecule has 2 aromatic heterocycles. The zero-order valence-electron chi connectivity index (χ0n) is 18.9.